The van der Waals surface area contributed by atoms with Crippen molar-refractivity contribution in [2.24, 2.45) is 0 Å². The van der Waals surface area contributed by atoms with Gasteiger partial charge in [0.25, 0.3) is 5.91 Å². The number of aliphatic carboxylic acids is 1. The molecule has 1 amide bonds. The van der Waals surface area contributed by atoms with E-state index in [4.69, 9.17) is 9.84 Å². The molecule has 0 spiro atoms. The number of methoxy groups -OCH3 is 1. The summed E-state index contributed by atoms with van der Waals surface area (Å²) in [5.41, 5.74) is 0.485. The van der Waals surface area contributed by atoms with E-state index in [-0.39, 0.29) is 6.61 Å². The molecule has 1 atom stereocenters. The number of carbonyl (C=O) groups is 2. The lowest BCUT2D eigenvalue weighted by Crippen LogP contribution is -2.43. The third-order valence-electron chi connectivity index (χ3n) is 2.38. The minimum atomic E-state index is -1.17. The van der Waals surface area contributed by atoms with E-state index in [2.05, 4.69) is 20.8 Å². The highest BCUT2D eigenvalue weighted by Crippen LogP contribution is 2.19. The van der Waals surface area contributed by atoms with Crippen molar-refractivity contribution >= 4 is 23.2 Å². The first-order chi connectivity index (χ1) is 9.63. The maximum absolute atomic E-state index is 12.1. The van der Waals surface area contributed by atoms with Gasteiger partial charge in [0.05, 0.1) is 12.3 Å². The Kier molecular flexibility index (Phi) is 4.38. The molecule has 2 aromatic heterocycles. The highest BCUT2D eigenvalue weighted by atomic mass is 32.1. The van der Waals surface area contributed by atoms with Crippen LogP contribution in [0.15, 0.2) is 17.8 Å². The van der Waals surface area contributed by atoms with E-state index in [9.17, 15) is 9.59 Å². The fourth-order valence-electron chi connectivity index (χ4n) is 1.49. The molecule has 2 N–H and O–H groups in total. The van der Waals surface area contributed by atoms with Crippen molar-refractivity contribution in [1.29, 1.82) is 0 Å². The van der Waals surface area contributed by atoms with Gasteiger partial charge in [-0.25, -0.2) is 4.79 Å². The summed E-state index contributed by atoms with van der Waals surface area (Å²) in [7, 11) is 1.36. The van der Waals surface area contributed by atoms with Crippen LogP contribution in [0.5, 0.6) is 0 Å². The molecule has 0 fully saturated rings. The summed E-state index contributed by atoms with van der Waals surface area (Å²) in [5.74, 6) is -1.68. The lowest BCUT2D eigenvalue weighted by atomic mass is 10.3. The van der Waals surface area contributed by atoms with Crippen LogP contribution >= 0.6 is 11.3 Å². The van der Waals surface area contributed by atoms with Gasteiger partial charge in [0.15, 0.2) is 6.04 Å². The number of thiophene rings is 1. The number of carboxylic acids is 1. The molecule has 0 aliphatic carbocycles. The third kappa shape index (κ3) is 2.97. The summed E-state index contributed by atoms with van der Waals surface area (Å²) >= 11 is 1.17. The molecular weight excluding hydrogens is 286 g/mol. The first-order valence-electron chi connectivity index (χ1n) is 5.47. The molecule has 1 unspecified atom stereocenters. The predicted octanol–water partition coefficient (Wildman–Crippen LogP) is -0.447. The van der Waals surface area contributed by atoms with Gasteiger partial charge in [-0.05, 0) is 21.9 Å². The SMILES string of the molecule is COCC(NC(=O)c1sccc1-n1cnnn1)C(=O)O. The van der Waals surface area contributed by atoms with E-state index in [1.165, 1.54) is 29.5 Å². The van der Waals surface area contributed by atoms with Crippen molar-refractivity contribution in [2.45, 2.75) is 6.04 Å². The predicted molar refractivity (Wildman–Crippen MR) is 67.8 cm³/mol. The third-order valence-corrected chi connectivity index (χ3v) is 3.29. The van der Waals surface area contributed by atoms with Crippen LogP contribution in [0.2, 0.25) is 0 Å². The fourth-order valence-corrected chi connectivity index (χ4v) is 2.27. The van der Waals surface area contributed by atoms with Crippen molar-refractivity contribution in [3.8, 4) is 5.69 Å². The number of hydrogen-bond donors (Lipinski definition) is 2. The van der Waals surface area contributed by atoms with Gasteiger partial charge in [-0.2, -0.15) is 4.68 Å². The number of nitrogens with one attached hydrogen (secondary N) is 1. The van der Waals surface area contributed by atoms with E-state index in [1.807, 2.05) is 0 Å². The van der Waals surface area contributed by atoms with E-state index < -0.39 is 17.9 Å². The van der Waals surface area contributed by atoms with Crippen molar-refractivity contribution < 1.29 is 19.4 Å². The molecule has 0 aliphatic heterocycles. The van der Waals surface area contributed by atoms with Crippen LogP contribution in [0.4, 0.5) is 0 Å². The molecule has 0 radical (unpaired) electrons. The fraction of sp³-hybridized carbons (Fsp3) is 0.300. The molecular formula is C10H11N5O4S. The minimum absolute atomic E-state index is 0.118. The Morgan fingerprint density at radius 1 is 1.60 bits per heavy atom. The number of nitrogens with zero attached hydrogens (tertiary/aromatic N) is 4. The number of ether oxygens (including phenoxy) is 1. The number of amides is 1. The van der Waals surface area contributed by atoms with Gasteiger partial charge in [0, 0.05) is 7.11 Å². The average Bonchev–Trinajstić information content (AvgIpc) is 3.08. The molecule has 20 heavy (non-hydrogen) atoms. The van der Waals surface area contributed by atoms with Crippen molar-refractivity contribution in [1.82, 2.24) is 25.5 Å². The summed E-state index contributed by atoms with van der Waals surface area (Å²) in [6.07, 6.45) is 1.35. The maximum Gasteiger partial charge on any atom is 0.328 e. The Labute approximate surface area is 117 Å². The van der Waals surface area contributed by atoms with Gasteiger partial charge in [-0.3, -0.25) is 4.79 Å². The highest BCUT2D eigenvalue weighted by molar-refractivity contribution is 7.12. The van der Waals surface area contributed by atoms with Crippen molar-refractivity contribution in [3.05, 3.63) is 22.7 Å². The van der Waals surface area contributed by atoms with Crippen molar-refractivity contribution in [2.75, 3.05) is 13.7 Å². The van der Waals surface area contributed by atoms with Crippen LogP contribution in [-0.2, 0) is 9.53 Å². The van der Waals surface area contributed by atoms with Gasteiger partial charge < -0.3 is 15.2 Å². The molecule has 2 aromatic rings. The van der Waals surface area contributed by atoms with Crippen LogP contribution < -0.4 is 5.32 Å². The number of tetrazole rings is 1. The van der Waals surface area contributed by atoms with Gasteiger partial charge >= 0.3 is 5.97 Å². The smallest absolute Gasteiger partial charge is 0.328 e. The second kappa shape index (κ2) is 6.21. The zero-order chi connectivity index (χ0) is 14.5. The first kappa shape index (κ1) is 14.1. The summed E-state index contributed by atoms with van der Waals surface area (Å²) in [5, 5.41) is 23.7. The van der Waals surface area contributed by atoms with Crippen LogP contribution in [-0.4, -0.2) is 56.9 Å². The maximum atomic E-state index is 12.1. The Hall–Kier alpha value is -2.33. The Morgan fingerprint density at radius 2 is 2.40 bits per heavy atom. The molecule has 2 rings (SSSR count). The van der Waals surface area contributed by atoms with Crippen LogP contribution in [0, 0.1) is 0 Å². The highest BCUT2D eigenvalue weighted by Gasteiger charge is 2.23. The Bertz CT molecular complexity index is 597. The number of hydrogen-bond acceptors (Lipinski definition) is 7. The van der Waals surface area contributed by atoms with Gasteiger partial charge in [-0.15, -0.1) is 16.4 Å². The summed E-state index contributed by atoms with van der Waals surface area (Å²) in [6, 6.07) is 0.554. The topological polar surface area (TPSA) is 119 Å². The van der Waals surface area contributed by atoms with Crippen molar-refractivity contribution in [3.63, 3.8) is 0 Å². The zero-order valence-electron chi connectivity index (χ0n) is 10.4. The van der Waals surface area contributed by atoms with E-state index in [0.29, 0.717) is 10.6 Å². The first-order valence-corrected chi connectivity index (χ1v) is 6.35. The number of aromatic nitrogens is 4. The van der Waals surface area contributed by atoms with Gasteiger partial charge in [0.1, 0.15) is 11.2 Å². The lowest BCUT2D eigenvalue weighted by molar-refractivity contribution is -0.140. The monoisotopic (exact) mass is 297 g/mol. The molecule has 2 heterocycles. The van der Waals surface area contributed by atoms with Gasteiger partial charge in [0.2, 0.25) is 0 Å². The standard InChI is InChI=1S/C10H11N5O4S/c1-19-4-6(10(17)18)12-9(16)8-7(2-3-20-8)15-5-11-13-14-15/h2-3,5-6H,4H2,1H3,(H,12,16)(H,17,18). The number of carboxylic acid groups (broad SMARTS) is 1. The molecule has 0 saturated heterocycles. The van der Waals surface area contributed by atoms with E-state index in [0.717, 1.165) is 0 Å². The molecule has 0 bridgehead atoms. The second-order valence-corrected chi connectivity index (χ2v) is 4.63. The number of carbonyl (C=O) groups excluding carboxylic acids is 1. The van der Waals surface area contributed by atoms with E-state index >= 15 is 0 Å². The quantitative estimate of drug-likeness (QED) is 0.741. The minimum Gasteiger partial charge on any atom is -0.480 e. The molecule has 0 aromatic carbocycles. The molecule has 0 saturated carbocycles. The largest absolute Gasteiger partial charge is 0.480 e. The Balaban J connectivity index is 2.18. The molecule has 106 valence electrons. The Morgan fingerprint density at radius 3 is 3.00 bits per heavy atom. The normalized spacial score (nSPS) is 12.1. The molecule has 0 aliphatic rings. The molecule has 9 nitrogen and oxygen atoms in total. The van der Waals surface area contributed by atoms with Gasteiger partial charge in [-0.1, -0.05) is 0 Å². The summed E-state index contributed by atoms with van der Waals surface area (Å²) in [4.78, 5) is 23.4. The summed E-state index contributed by atoms with van der Waals surface area (Å²) in [6.45, 7) is -0.118. The lowest BCUT2D eigenvalue weighted by Gasteiger charge is -2.13. The average molecular weight is 297 g/mol. The summed E-state index contributed by atoms with van der Waals surface area (Å²) < 4.78 is 6.09. The van der Waals surface area contributed by atoms with E-state index in [1.54, 1.807) is 11.4 Å². The molecule has 10 heteroatoms. The van der Waals surface area contributed by atoms with Crippen LogP contribution in [0.3, 0.4) is 0 Å². The number of rotatable bonds is 6. The van der Waals surface area contributed by atoms with Crippen LogP contribution in [0.1, 0.15) is 9.67 Å². The second-order valence-electron chi connectivity index (χ2n) is 3.71. The zero-order valence-corrected chi connectivity index (χ0v) is 11.2. The van der Waals surface area contributed by atoms with Crippen LogP contribution in [0.25, 0.3) is 5.69 Å².